The highest BCUT2D eigenvalue weighted by molar-refractivity contribution is 6.09. The fourth-order valence-electron chi connectivity index (χ4n) is 3.09. The molecule has 0 aromatic heterocycles. The van der Waals surface area contributed by atoms with Gasteiger partial charge in [-0.2, -0.15) is 18.2 Å². The van der Waals surface area contributed by atoms with Crippen molar-refractivity contribution in [3.05, 3.63) is 71.0 Å². The predicted octanol–water partition coefficient (Wildman–Crippen LogP) is 4.79. The van der Waals surface area contributed by atoms with Gasteiger partial charge < -0.3 is 4.74 Å². The Kier molecular flexibility index (Phi) is 4.80. The van der Waals surface area contributed by atoms with Crippen LogP contribution in [0.3, 0.4) is 0 Å². The van der Waals surface area contributed by atoms with Gasteiger partial charge in [-0.15, -0.1) is 0 Å². The number of aliphatic imine (C=N–C) groups is 1. The van der Waals surface area contributed by atoms with E-state index in [4.69, 9.17) is 4.74 Å². The summed E-state index contributed by atoms with van der Waals surface area (Å²) in [6.45, 7) is 3.36. The number of nitrogens with zero attached hydrogens (tertiary/aromatic N) is 1. The summed E-state index contributed by atoms with van der Waals surface area (Å²) in [5, 5.41) is 0. The standard InChI is InChI=1S/C20H17F4NO2/c1-12(2)19(11-14-6-3-4-9-16(14)20(22,23)24)18(26)25-17(27-19)13-7-5-8-15(21)10-13/h3-10,12H,11H2,1-2H3/t19-/m1/s1. The molecule has 0 spiro atoms. The van der Waals surface area contributed by atoms with Crippen LogP contribution in [0.15, 0.2) is 53.5 Å². The summed E-state index contributed by atoms with van der Waals surface area (Å²) in [6, 6.07) is 10.4. The van der Waals surface area contributed by atoms with Crippen LogP contribution in [0.5, 0.6) is 0 Å². The molecule has 0 radical (unpaired) electrons. The van der Waals surface area contributed by atoms with Crippen molar-refractivity contribution in [2.75, 3.05) is 0 Å². The van der Waals surface area contributed by atoms with Crippen molar-refractivity contribution in [2.24, 2.45) is 10.9 Å². The van der Waals surface area contributed by atoms with E-state index in [-0.39, 0.29) is 23.4 Å². The maximum atomic E-state index is 13.5. The van der Waals surface area contributed by atoms with E-state index in [1.807, 2.05) is 0 Å². The molecule has 0 aliphatic carbocycles. The van der Waals surface area contributed by atoms with Crippen LogP contribution in [0.1, 0.15) is 30.5 Å². The number of ether oxygens (including phenoxy) is 1. The molecule has 3 rings (SSSR count). The van der Waals surface area contributed by atoms with Crippen LogP contribution in [-0.2, 0) is 22.1 Å². The number of hydrogen-bond donors (Lipinski definition) is 0. The summed E-state index contributed by atoms with van der Waals surface area (Å²) >= 11 is 0. The summed E-state index contributed by atoms with van der Waals surface area (Å²) in [7, 11) is 0. The molecule has 7 heteroatoms. The highest BCUT2D eigenvalue weighted by atomic mass is 19.4. The molecule has 1 amide bonds. The molecular weight excluding hydrogens is 362 g/mol. The maximum Gasteiger partial charge on any atom is 0.416 e. The van der Waals surface area contributed by atoms with Gasteiger partial charge in [-0.05, 0) is 29.8 Å². The summed E-state index contributed by atoms with van der Waals surface area (Å²) in [5.41, 5.74) is -2.19. The zero-order valence-electron chi connectivity index (χ0n) is 14.7. The number of hydrogen-bond acceptors (Lipinski definition) is 2. The van der Waals surface area contributed by atoms with Gasteiger partial charge in [-0.3, -0.25) is 4.79 Å². The topological polar surface area (TPSA) is 38.7 Å². The highest BCUT2D eigenvalue weighted by Crippen LogP contribution is 2.38. The predicted molar refractivity (Wildman–Crippen MR) is 91.7 cm³/mol. The Morgan fingerprint density at radius 1 is 1.11 bits per heavy atom. The van der Waals surface area contributed by atoms with E-state index in [9.17, 15) is 22.4 Å². The summed E-state index contributed by atoms with van der Waals surface area (Å²) in [4.78, 5) is 16.6. The molecule has 0 saturated carbocycles. The number of amides is 1. The third-order valence-corrected chi connectivity index (χ3v) is 4.62. The Labute approximate surface area is 153 Å². The van der Waals surface area contributed by atoms with E-state index in [2.05, 4.69) is 4.99 Å². The average molecular weight is 379 g/mol. The minimum Gasteiger partial charge on any atom is -0.460 e. The molecule has 0 bridgehead atoms. The zero-order chi connectivity index (χ0) is 19.8. The van der Waals surface area contributed by atoms with Gasteiger partial charge in [0.1, 0.15) is 5.82 Å². The summed E-state index contributed by atoms with van der Waals surface area (Å²) < 4.78 is 59.3. The van der Waals surface area contributed by atoms with E-state index in [0.717, 1.165) is 12.1 Å². The fraction of sp³-hybridized carbons (Fsp3) is 0.300. The Balaban J connectivity index is 1.99. The SMILES string of the molecule is CC(C)[C@@]1(Cc2ccccc2C(F)(F)F)OC(c2cccc(F)c2)=NC1=O. The molecule has 0 N–H and O–H groups in total. The van der Waals surface area contributed by atoms with E-state index < -0.39 is 35.0 Å². The van der Waals surface area contributed by atoms with Crippen molar-refractivity contribution in [3.63, 3.8) is 0 Å². The van der Waals surface area contributed by atoms with Gasteiger partial charge in [0, 0.05) is 17.9 Å². The maximum absolute atomic E-state index is 13.5. The van der Waals surface area contributed by atoms with Gasteiger partial charge >= 0.3 is 6.18 Å². The van der Waals surface area contributed by atoms with Crippen molar-refractivity contribution in [1.82, 2.24) is 0 Å². The van der Waals surface area contributed by atoms with Crippen molar-refractivity contribution in [1.29, 1.82) is 0 Å². The molecular formula is C20H17F4NO2. The van der Waals surface area contributed by atoms with Gasteiger partial charge in [-0.1, -0.05) is 38.1 Å². The van der Waals surface area contributed by atoms with Crippen molar-refractivity contribution < 1.29 is 27.1 Å². The van der Waals surface area contributed by atoms with Crippen LogP contribution in [0.4, 0.5) is 17.6 Å². The quantitative estimate of drug-likeness (QED) is 0.717. The zero-order valence-corrected chi connectivity index (χ0v) is 14.7. The molecule has 1 aliphatic heterocycles. The number of carbonyl (C=O) groups excluding carboxylic acids is 1. The fourth-order valence-corrected chi connectivity index (χ4v) is 3.09. The van der Waals surface area contributed by atoms with E-state index in [0.29, 0.717) is 0 Å². The number of benzene rings is 2. The molecule has 2 aromatic carbocycles. The lowest BCUT2D eigenvalue weighted by molar-refractivity contribution is -0.140. The van der Waals surface area contributed by atoms with Gasteiger partial charge in [-0.25, -0.2) is 4.39 Å². The van der Waals surface area contributed by atoms with Crippen molar-refractivity contribution in [2.45, 2.75) is 32.0 Å². The number of carbonyl (C=O) groups is 1. The van der Waals surface area contributed by atoms with E-state index in [1.165, 1.54) is 36.4 Å². The Morgan fingerprint density at radius 2 is 1.81 bits per heavy atom. The molecule has 1 heterocycles. The van der Waals surface area contributed by atoms with Gasteiger partial charge in [0.15, 0.2) is 5.60 Å². The molecule has 142 valence electrons. The van der Waals surface area contributed by atoms with Gasteiger partial charge in [0.2, 0.25) is 5.90 Å². The first-order chi connectivity index (χ1) is 12.6. The smallest absolute Gasteiger partial charge is 0.416 e. The van der Waals surface area contributed by atoms with Crippen LogP contribution in [0, 0.1) is 11.7 Å². The normalized spacial score (nSPS) is 20.0. The molecule has 1 aliphatic rings. The average Bonchev–Trinajstić information content (AvgIpc) is 2.92. The molecule has 27 heavy (non-hydrogen) atoms. The van der Waals surface area contributed by atoms with Gasteiger partial charge in [0.25, 0.3) is 5.91 Å². The van der Waals surface area contributed by atoms with Gasteiger partial charge in [0.05, 0.1) is 5.56 Å². The van der Waals surface area contributed by atoms with E-state index in [1.54, 1.807) is 13.8 Å². The first-order valence-corrected chi connectivity index (χ1v) is 8.36. The molecule has 0 fully saturated rings. The molecule has 2 aromatic rings. The third-order valence-electron chi connectivity index (χ3n) is 4.62. The second-order valence-corrected chi connectivity index (χ2v) is 6.71. The van der Waals surface area contributed by atoms with Crippen LogP contribution in [0.25, 0.3) is 0 Å². The summed E-state index contributed by atoms with van der Waals surface area (Å²) in [6.07, 6.45) is -4.84. The first-order valence-electron chi connectivity index (χ1n) is 8.36. The Hall–Kier alpha value is -2.70. The minimum atomic E-state index is -4.55. The molecule has 0 unspecified atom stereocenters. The minimum absolute atomic E-state index is 0.0530. The van der Waals surface area contributed by atoms with Crippen LogP contribution in [-0.4, -0.2) is 17.4 Å². The lowest BCUT2D eigenvalue weighted by Gasteiger charge is -2.31. The largest absolute Gasteiger partial charge is 0.460 e. The summed E-state index contributed by atoms with van der Waals surface area (Å²) in [5.74, 6) is -1.75. The van der Waals surface area contributed by atoms with E-state index >= 15 is 0 Å². The number of halogens is 4. The Morgan fingerprint density at radius 3 is 2.44 bits per heavy atom. The highest BCUT2D eigenvalue weighted by Gasteiger charge is 2.50. The number of rotatable bonds is 4. The lowest BCUT2D eigenvalue weighted by atomic mass is 9.82. The Bertz CT molecular complexity index is 905. The van der Waals surface area contributed by atoms with Crippen LogP contribution in [0.2, 0.25) is 0 Å². The second kappa shape index (κ2) is 6.79. The van der Waals surface area contributed by atoms with Crippen molar-refractivity contribution >= 4 is 11.8 Å². The first kappa shape index (κ1) is 19.1. The van der Waals surface area contributed by atoms with Crippen molar-refractivity contribution in [3.8, 4) is 0 Å². The molecule has 1 atom stereocenters. The van der Waals surface area contributed by atoms with Crippen LogP contribution < -0.4 is 0 Å². The lowest BCUT2D eigenvalue weighted by Crippen LogP contribution is -2.45. The molecule has 0 saturated heterocycles. The monoisotopic (exact) mass is 379 g/mol. The number of alkyl halides is 3. The van der Waals surface area contributed by atoms with Crippen LogP contribution >= 0.6 is 0 Å². The molecule has 3 nitrogen and oxygen atoms in total. The second-order valence-electron chi connectivity index (χ2n) is 6.71. The third kappa shape index (κ3) is 3.59.